The zero-order chi connectivity index (χ0) is 13.4. The van der Waals surface area contributed by atoms with Crippen LogP contribution in [-0.2, 0) is 25.8 Å². The maximum absolute atomic E-state index is 11.4. The number of hydrogen-bond acceptors (Lipinski definition) is 5. The number of carbonyl (C=O) groups excluding carboxylic acids is 1. The highest BCUT2D eigenvalue weighted by atomic mass is 32.5. The second kappa shape index (κ2) is 7.86. The molecular weight excluding hydrogens is 277 g/mol. The highest BCUT2D eigenvalue weighted by Crippen LogP contribution is 2.36. The molecule has 0 radical (unpaired) electrons. The summed E-state index contributed by atoms with van der Waals surface area (Å²) >= 11 is 4.65. The molecule has 8 heteroatoms. The number of allylic oxidation sites excluding steroid dienone is 1. The number of rotatable bonds is 4. The Morgan fingerprint density at radius 1 is 1.61 bits per heavy atom. The average molecular weight is 295 g/mol. The van der Waals surface area contributed by atoms with E-state index in [2.05, 4.69) is 17.1 Å². The van der Waals surface area contributed by atoms with Crippen molar-refractivity contribution >= 4 is 24.4 Å². The normalized spacial score (nSPS) is 25.3. The Morgan fingerprint density at radius 2 is 2.33 bits per heavy atom. The van der Waals surface area contributed by atoms with Crippen molar-refractivity contribution in [3.63, 3.8) is 0 Å². The smallest absolute Gasteiger partial charge is 0.411 e. The summed E-state index contributed by atoms with van der Waals surface area (Å²) in [4.78, 5) is 20.6. The fourth-order valence-electron chi connectivity index (χ4n) is 1.28. The van der Waals surface area contributed by atoms with Crippen LogP contribution >= 0.6 is 6.49 Å². The predicted octanol–water partition coefficient (Wildman–Crippen LogP) is 1.70. The number of nitrogens with one attached hydrogen (secondary N) is 1. The van der Waals surface area contributed by atoms with E-state index in [0.29, 0.717) is 13.0 Å². The van der Waals surface area contributed by atoms with E-state index in [-0.39, 0.29) is 6.73 Å². The van der Waals surface area contributed by atoms with Gasteiger partial charge in [-0.25, -0.2) is 4.79 Å². The molecule has 2 unspecified atom stereocenters. The molecule has 0 fully saturated rings. The molecule has 0 aromatic heterocycles. The van der Waals surface area contributed by atoms with Gasteiger partial charge in [-0.15, -0.1) is 0 Å². The molecule has 104 valence electrons. The third-order valence-corrected chi connectivity index (χ3v) is 3.01. The van der Waals surface area contributed by atoms with E-state index in [0.717, 1.165) is 12.8 Å². The van der Waals surface area contributed by atoms with Gasteiger partial charge < -0.3 is 18.9 Å². The Labute approximate surface area is 111 Å². The molecule has 0 saturated carbocycles. The number of amides is 1. The van der Waals surface area contributed by atoms with Crippen molar-refractivity contribution in [2.24, 2.45) is 0 Å². The first kappa shape index (κ1) is 15.6. The molecule has 6 nitrogen and oxygen atoms in total. The molecule has 0 bridgehead atoms. The van der Waals surface area contributed by atoms with Gasteiger partial charge in [0.2, 0.25) is 6.29 Å². The Morgan fingerprint density at radius 3 is 3.06 bits per heavy atom. The molecule has 2 N–H and O–H groups in total. The van der Waals surface area contributed by atoms with Crippen LogP contribution in [0.15, 0.2) is 12.2 Å². The molecule has 1 aliphatic rings. The van der Waals surface area contributed by atoms with E-state index in [1.54, 1.807) is 0 Å². The Hall–Kier alpha value is -0.460. The van der Waals surface area contributed by atoms with Crippen LogP contribution in [0.3, 0.4) is 0 Å². The Bertz CT molecular complexity index is 343. The van der Waals surface area contributed by atoms with Crippen molar-refractivity contribution in [1.82, 2.24) is 5.32 Å². The molecule has 0 spiro atoms. The molecule has 18 heavy (non-hydrogen) atoms. The maximum atomic E-state index is 11.4. The van der Waals surface area contributed by atoms with Gasteiger partial charge in [-0.2, -0.15) is 0 Å². The fourth-order valence-corrected chi connectivity index (χ4v) is 1.75. The van der Waals surface area contributed by atoms with Gasteiger partial charge in [0.25, 0.3) is 0 Å². The van der Waals surface area contributed by atoms with E-state index >= 15 is 0 Å². The number of carbonyl (C=O) groups is 1. The van der Waals surface area contributed by atoms with Crippen LogP contribution in [0, 0.1) is 0 Å². The SMILES string of the molecule is CP(O)(=S)OCNC(=O)OC1CC/C=C/CCO1. The van der Waals surface area contributed by atoms with Gasteiger partial charge in [-0.1, -0.05) is 12.2 Å². The summed E-state index contributed by atoms with van der Waals surface area (Å²) in [5.41, 5.74) is 0. The van der Waals surface area contributed by atoms with E-state index in [1.807, 2.05) is 12.2 Å². The fraction of sp³-hybridized carbons (Fsp3) is 0.700. The van der Waals surface area contributed by atoms with E-state index < -0.39 is 18.9 Å². The lowest BCUT2D eigenvalue weighted by Gasteiger charge is -2.19. The largest absolute Gasteiger partial charge is 0.420 e. The van der Waals surface area contributed by atoms with Crippen molar-refractivity contribution < 1.29 is 23.7 Å². The van der Waals surface area contributed by atoms with Crippen LogP contribution in [0.25, 0.3) is 0 Å². The standard InChI is InChI=1S/C10H18NO5PS/c1-17(13,18)15-8-11-10(12)16-9-6-4-2-3-5-7-14-9/h2-3,9H,4-8H2,1H3,(H,11,12)(H,13,18)/b3-2+. The zero-order valence-electron chi connectivity index (χ0n) is 10.2. The summed E-state index contributed by atoms with van der Waals surface area (Å²) in [5.74, 6) is 0. The van der Waals surface area contributed by atoms with Gasteiger partial charge in [-0.3, -0.25) is 5.32 Å². The molecule has 2 atom stereocenters. The van der Waals surface area contributed by atoms with Crippen molar-refractivity contribution in [1.29, 1.82) is 0 Å². The van der Waals surface area contributed by atoms with Crippen molar-refractivity contribution in [3.8, 4) is 0 Å². The molecule has 0 aliphatic carbocycles. The summed E-state index contributed by atoms with van der Waals surface area (Å²) in [5, 5.41) is 2.34. The second-order valence-electron chi connectivity index (χ2n) is 3.80. The molecule has 0 aromatic carbocycles. The van der Waals surface area contributed by atoms with Crippen molar-refractivity contribution in [2.75, 3.05) is 20.0 Å². The second-order valence-corrected chi connectivity index (χ2v) is 7.69. The predicted molar refractivity (Wildman–Crippen MR) is 70.7 cm³/mol. The first-order valence-electron chi connectivity index (χ1n) is 5.63. The lowest BCUT2D eigenvalue weighted by atomic mass is 10.2. The lowest BCUT2D eigenvalue weighted by Crippen LogP contribution is -2.32. The van der Waals surface area contributed by atoms with Gasteiger partial charge in [0.15, 0.2) is 6.49 Å². The average Bonchev–Trinajstić information content (AvgIpc) is 2.20. The van der Waals surface area contributed by atoms with Crippen LogP contribution < -0.4 is 5.32 Å². The van der Waals surface area contributed by atoms with Gasteiger partial charge in [0, 0.05) is 13.1 Å². The van der Waals surface area contributed by atoms with Gasteiger partial charge in [0.1, 0.15) is 6.73 Å². The quantitative estimate of drug-likeness (QED) is 0.467. The minimum Gasteiger partial charge on any atom is -0.420 e. The lowest BCUT2D eigenvalue weighted by molar-refractivity contribution is -0.107. The van der Waals surface area contributed by atoms with Crippen LogP contribution in [0.1, 0.15) is 19.3 Å². The van der Waals surface area contributed by atoms with Crippen LogP contribution in [-0.4, -0.2) is 37.3 Å². The number of alkyl carbamates (subject to hydrolysis) is 1. The first-order chi connectivity index (χ1) is 8.47. The summed E-state index contributed by atoms with van der Waals surface area (Å²) in [6, 6.07) is 0. The summed E-state index contributed by atoms with van der Waals surface area (Å²) in [6.45, 7) is -0.998. The first-order valence-corrected chi connectivity index (χ1v) is 8.75. The summed E-state index contributed by atoms with van der Waals surface area (Å²) < 4.78 is 15.3. The summed E-state index contributed by atoms with van der Waals surface area (Å²) in [7, 11) is 0. The number of ether oxygens (including phenoxy) is 2. The molecule has 1 heterocycles. The topological polar surface area (TPSA) is 77.0 Å². The third kappa shape index (κ3) is 7.79. The summed E-state index contributed by atoms with van der Waals surface area (Å²) in [6.07, 6.45) is 5.13. The van der Waals surface area contributed by atoms with Crippen LogP contribution in [0.4, 0.5) is 4.79 Å². The van der Waals surface area contributed by atoms with Crippen molar-refractivity contribution in [3.05, 3.63) is 12.2 Å². The van der Waals surface area contributed by atoms with Gasteiger partial charge in [0.05, 0.1) is 6.61 Å². The highest BCUT2D eigenvalue weighted by molar-refractivity contribution is 8.09. The third-order valence-electron chi connectivity index (χ3n) is 2.08. The molecule has 0 saturated heterocycles. The monoisotopic (exact) mass is 295 g/mol. The van der Waals surface area contributed by atoms with E-state index in [1.165, 1.54) is 6.66 Å². The van der Waals surface area contributed by atoms with Crippen LogP contribution in [0.2, 0.25) is 0 Å². The van der Waals surface area contributed by atoms with Gasteiger partial charge in [-0.05, 0) is 24.6 Å². The molecule has 1 amide bonds. The van der Waals surface area contributed by atoms with E-state index in [9.17, 15) is 9.69 Å². The minimum atomic E-state index is -2.75. The Kier molecular flexibility index (Phi) is 6.81. The number of hydrogen-bond donors (Lipinski definition) is 2. The van der Waals surface area contributed by atoms with E-state index in [4.69, 9.17) is 14.0 Å². The maximum Gasteiger partial charge on any atom is 0.411 e. The Balaban J connectivity index is 2.22. The van der Waals surface area contributed by atoms with Crippen molar-refractivity contribution in [2.45, 2.75) is 25.6 Å². The zero-order valence-corrected chi connectivity index (χ0v) is 11.9. The molecular formula is C10H18NO5PS. The molecule has 1 aliphatic heterocycles. The molecule has 1 rings (SSSR count). The van der Waals surface area contributed by atoms with Gasteiger partial charge >= 0.3 is 6.09 Å². The van der Waals surface area contributed by atoms with Crippen LogP contribution in [0.5, 0.6) is 0 Å². The highest BCUT2D eigenvalue weighted by Gasteiger charge is 2.15. The molecule has 0 aromatic rings. The minimum absolute atomic E-state index is 0.171.